The molecule has 0 spiro atoms. The van der Waals surface area contributed by atoms with E-state index in [-0.39, 0.29) is 0 Å². The molecule has 0 bridgehead atoms. The van der Waals surface area contributed by atoms with Gasteiger partial charge in [0.25, 0.3) is 0 Å². The van der Waals surface area contributed by atoms with Crippen molar-refractivity contribution in [1.82, 2.24) is 14.6 Å². The maximum absolute atomic E-state index is 6.13. The average Bonchev–Trinajstić information content (AvgIpc) is 3.10. The summed E-state index contributed by atoms with van der Waals surface area (Å²) in [6.45, 7) is 0.619. The van der Waals surface area contributed by atoms with Crippen LogP contribution in [-0.4, -0.2) is 28.8 Å². The van der Waals surface area contributed by atoms with Crippen molar-refractivity contribution in [2.45, 2.75) is 6.54 Å². The standard InChI is InChI=1S/C21H19ClN4O2/c1-27-17-8-3-5-14(11-17)13-23-18-9-10-19-24-20(21(28-2)26(19)25-18)15-6-4-7-16(22)12-15/h3-12H,13H2,1-2H3,(H,23,25). The number of rotatable bonds is 6. The Bertz CT molecular complexity index is 1130. The topological polar surface area (TPSA) is 60.7 Å². The smallest absolute Gasteiger partial charge is 0.243 e. The minimum absolute atomic E-state index is 0.558. The Labute approximate surface area is 167 Å². The zero-order valence-corrected chi connectivity index (χ0v) is 16.3. The molecule has 28 heavy (non-hydrogen) atoms. The van der Waals surface area contributed by atoms with E-state index in [9.17, 15) is 0 Å². The number of halogens is 1. The molecule has 0 saturated heterocycles. The highest BCUT2D eigenvalue weighted by Gasteiger charge is 2.16. The molecule has 0 aliphatic heterocycles. The lowest BCUT2D eigenvalue weighted by Gasteiger charge is -2.08. The van der Waals surface area contributed by atoms with E-state index in [1.165, 1.54) is 0 Å². The molecule has 0 aliphatic carbocycles. The number of ether oxygens (including phenoxy) is 2. The van der Waals surface area contributed by atoms with E-state index in [1.807, 2.05) is 60.7 Å². The molecule has 0 aliphatic rings. The molecule has 7 heteroatoms. The van der Waals surface area contributed by atoms with Gasteiger partial charge in [-0.3, -0.25) is 0 Å². The third-order valence-electron chi connectivity index (χ3n) is 4.34. The Kier molecular flexibility index (Phi) is 5.04. The third kappa shape index (κ3) is 3.59. The van der Waals surface area contributed by atoms with Gasteiger partial charge in [-0.05, 0) is 42.0 Å². The van der Waals surface area contributed by atoms with E-state index >= 15 is 0 Å². The number of aromatic nitrogens is 3. The van der Waals surface area contributed by atoms with Crippen LogP contribution >= 0.6 is 11.6 Å². The molecule has 2 heterocycles. The highest BCUT2D eigenvalue weighted by atomic mass is 35.5. The van der Waals surface area contributed by atoms with Crippen molar-refractivity contribution in [1.29, 1.82) is 0 Å². The second-order valence-corrected chi connectivity index (χ2v) is 6.61. The van der Waals surface area contributed by atoms with Gasteiger partial charge in [-0.25, -0.2) is 4.98 Å². The molecular formula is C21H19ClN4O2. The first kappa shape index (κ1) is 18.1. The van der Waals surface area contributed by atoms with Gasteiger partial charge in [0.05, 0.1) is 14.2 Å². The van der Waals surface area contributed by atoms with Crippen molar-refractivity contribution in [2.75, 3.05) is 19.5 Å². The van der Waals surface area contributed by atoms with Gasteiger partial charge in [0.15, 0.2) is 5.65 Å². The molecule has 2 aromatic heterocycles. The molecule has 0 amide bonds. The number of fused-ring (bicyclic) bond motifs is 1. The van der Waals surface area contributed by atoms with Crippen LogP contribution in [0.15, 0.2) is 60.7 Å². The van der Waals surface area contributed by atoms with Crippen LogP contribution in [0, 0.1) is 0 Å². The van der Waals surface area contributed by atoms with Gasteiger partial charge in [0, 0.05) is 17.1 Å². The third-order valence-corrected chi connectivity index (χ3v) is 4.57. The van der Waals surface area contributed by atoms with E-state index in [0.717, 1.165) is 16.9 Å². The normalized spacial score (nSPS) is 10.8. The maximum Gasteiger partial charge on any atom is 0.243 e. The molecule has 6 nitrogen and oxygen atoms in total. The van der Waals surface area contributed by atoms with Crippen molar-refractivity contribution in [2.24, 2.45) is 0 Å². The van der Waals surface area contributed by atoms with Crippen LogP contribution < -0.4 is 14.8 Å². The largest absolute Gasteiger partial charge is 0.497 e. The lowest BCUT2D eigenvalue weighted by Crippen LogP contribution is -2.05. The number of nitrogens with one attached hydrogen (secondary N) is 1. The lowest BCUT2D eigenvalue weighted by atomic mass is 10.2. The zero-order valence-electron chi connectivity index (χ0n) is 15.5. The van der Waals surface area contributed by atoms with Crippen LogP contribution in [0.4, 0.5) is 5.82 Å². The van der Waals surface area contributed by atoms with Crippen LogP contribution in [-0.2, 0) is 6.54 Å². The van der Waals surface area contributed by atoms with E-state index in [1.54, 1.807) is 18.7 Å². The van der Waals surface area contributed by atoms with Crippen LogP contribution in [0.2, 0.25) is 5.02 Å². The van der Waals surface area contributed by atoms with Crippen LogP contribution in [0.3, 0.4) is 0 Å². The fourth-order valence-electron chi connectivity index (χ4n) is 2.99. The Hall–Kier alpha value is -3.25. The maximum atomic E-state index is 6.13. The van der Waals surface area contributed by atoms with Crippen molar-refractivity contribution >= 4 is 23.1 Å². The summed E-state index contributed by atoms with van der Waals surface area (Å²) in [6.07, 6.45) is 0. The summed E-state index contributed by atoms with van der Waals surface area (Å²) in [4.78, 5) is 4.65. The van der Waals surface area contributed by atoms with Crippen LogP contribution in [0.25, 0.3) is 16.9 Å². The summed E-state index contributed by atoms with van der Waals surface area (Å²) < 4.78 is 12.5. The van der Waals surface area contributed by atoms with Gasteiger partial charge >= 0.3 is 0 Å². The molecule has 0 radical (unpaired) electrons. The van der Waals surface area contributed by atoms with Crippen LogP contribution in [0.1, 0.15) is 5.56 Å². The minimum Gasteiger partial charge on any atom is -0.497 e. The number of benzene rings is 2. The molecule has 142 valence electrons. The van der Waals surface area contributed by atoms with Crippen molar-refractivity contribution < 1.29 is 9.47 Å². The molecule has 0 atom stereocenters. The summed E-state index contributed by atoms with van der Waals surface area (Å²) in [5.41, 5.74) is 3.36. The number of hydrogen-bond acceptors (Lipinski definition) is 5. The van der Waals surface area contributed by atoms with Crippen molar-refractivity contribution in [3.8, 4) is 22.9 Å². The molecule has 4 aromatic rings. The van der Waals surface area contributed by atoms with E-state index < -0.39 is 0 Å². The summed E-state index contributed by atoms with van der Waals surface area (Å²) in [5.74, 6) is 2.09. The van der Waals surface area contributed by atoms with Gasteiger partial charge in [0.1, 0.15) is 17.3 Å². The quantitative estimate of drug-likeness (QED) is 0.514. The zero-order chi connectivity index (χ0) is 19.5. The Morgan fingerprint density at radius 2 is 1.86 bits per heavy atom. The SMILES string of the molecule is COc1cccc(CNc2ccc3nc(-c4cccc(Cl)c4)c(OC)n3n2)c1. The molecule has 4 rings (SSSR count). The summed E-state index contributed by atoms with van der Waals surface area (Å²) in [7, 11) is 3.26. The van der Waals surface area contributed by atoms with Gasteiger partial charge in [0.2, 0.25) is 5.88 Å². The fourth-order valence-corrected chi connectivity index (χ4v) is 3.18. The number of anilines is 1. The monoisotopic (exact) mass is 394 g/mol. The number of nitrogens with zero attached hydrogens (tertiary/aromatic N) is 3. The highest BCUT2D eigenvalue weighted by Crippen LogP contribution is 2.31. The summed E-state index contributed by atoms with van der Waals surface area (Å²) in [6, 6.07) is 19.2. The molecule has 0 saturated carbocycles. The molecular weight excluding hydrogens is 376 g/mol. The van der Waals surface area contributed by atoms with Gasteiger partial charge in [-0.2, -0.15) is 4.52 Å². The highest BCUT2D eigenvalue weighted by molar-refractivity contribution is 6.30. The molecule has 0 unspecified atom stereocenters. The Morgan fingerprint density at radius 3 is 2.64 bits per heavy atom. The average molecular weight is 395 g/mol. The lowest BCUT2D eigenvalue weighted by molar-refractivity contribution is 0.389. The van der Waals surface area contributed by atoms with Crippen LogP contribution in [0.5, 0.6) is 11.6 Å². The number of methoxy groups -OCH3 is 2. The molecule has 0 fully saturated rings. The minimum atomic E-state index is 0.558. The van der Waals surface area contributed by atoms with E-state index in [2.05, 4.69) is 15.4 Å². The molecule has 1 N–H and O–H groups in total. The van der Waals surface area contributed by atoms with Gasteiger partial charge < -0.3 is 14.8 Å². The van der Waals surface area contributed by atoms with Crippen molar-refractivity contribution in [3.63, 3.8) is 0 Å². The second-order valence-electron chi connectivity index (χ2n) is 6.17. The molecule has 2 aromatic carbocycles. The second kappa shape index (κ2) is 7.78. The Balaban J connectivity index is 1.64. The van der Waals surface area contributed by atoms with E-state index in [0.29, 0.717) is 34.6 Å². The Morgan fingerprint density at radius 1 is 1.00 bits per heavy atom. The van der Waals surface area contributed by atoms with Gasteiger partial charge in [-0.15, -0.1) is 5.10 Å². The summed E-state index contributed by atoms with van der Waals surface area (Å²) in [5, 5.41) is 8.59. The summed E-state index contributed by atoms with van der Waals surface area (Å²) >= 11 is 6.13. The first-order valence-corrected chi connectivity index (χ1v) is 9.12. The van der Waals surface area contributed by atoms with Crippen molar-refractivity contribution in [3.05, 3.63) is 71.2 Å². The number of imidazole rings is 1. The first-order chi connectivity index (χ1) is 13.7. The van der Waals surface area contributed by atoms with Gasteiger partial charge in [-0.1, -0.05) is 35.9 Å². The van der Waals surface area contributed by atoms with E-state index in [4.69, 9.17) is 21.1 Å². The first-order valence-electron chi connectivity index (χ1n) is 8.74. The predicted octanol–water partition coefficient (Wildman–Crippen LogP) is 4.68. The predicted molar refractivity (Wildman–Crippen MR) is 110 cm³/mol. The number of hydrogen-bond donors (Lipinski definition) is 1. The fraction of sp³-hybridized carbons (Fsp3) is 0.143.